The molecule has 0 bridgehead atoms. The molecule has 19 heavy (non-hydrogen) atoms. The van der Waals surface area contributed by atoms with Crippen LogP contribution in [-0.2, 0) is 0 Å². The second-order valence-electron chi connectivity index (χ2n) is 5.08. The predicted octanol–water partition coefficient (Wildman–Crippen LogP) is 1.99. The van der Waals surface area contributed by atoms with Gasteiger partial charge in [0.15, 0.2) is 0 Å². The van der Waals surface area contributed by atoms with Crippen LogP contribution in [0.15, 0.2) is 24.3 Å². The van der Waals surface area contributed by atoms with Crippen molar-refractivity contribution >= 4 is 5.91 Å². The van der Waals surface area contributed by atoms with Gasteiger partial charge in [0.2, 0.25) is 0 Å². The Morgan fingerprint density at radius 1 is 1.42 bits per heavy atom. The summed E-state index contributed by atoms with van der Waals surface area (Å²) < 4.78 is 0. The van der Waals surface area contributed by atoms with E-state index in [1.165, 1.54) is 6.07 Å². The number of carbonyl (C=O) groups excluding carboxylic acids is 1. The minimum Gasteiger partial charge on any atom is -0.508 e. The summed E-state index contributed by atoms with van der Waals surface area (Å²) in [6, 6.07) is 7.20. The molecule has 2 unspecified atom stereocenters. The van der Waals surface area contributed by atoms with E-state index in [-0.39, 0.29) is 17.7 Å². The number of carbonyl (C=O) groups is 1. The number of benzene rings is 1. The second-order valence-corrected chi connectivity index (χ2v) is 5.08. The Bertz CT molecular complexity index is 448. The first-order chi connectivity index (χ1) is 9.15. The van der Waals surface area contributed by atoms with E-state index in [1.807, 2.05) is 4.90 Å². The maximum absolute atomic E-state index is 12.6. The van der Waals surface area contributed by atoms with Gasteiger partial charge in [-0.1, -0.05) is 19.9 Å². The summed E-state index contributed by atoms with van der Waals surface area (Å²) in [4.78, 5) is 14.5. The minimum atomic E-state index is 0.0164. The van der Waals surface area contributed by atoms with Crippen LogP contribution in [0.5, 0.6) is 5.75 Å². The van der Waals surface area contributed by atoms with Gasteiger partial charge < -0.3 is 15.3 Å². The summed E-state index contributed by atoms with van der Waals surface area (Å²) >= 11 is 0. The topological polar surface area (TPSA) is 52.6 Å². The van der Waals surface area contributed by atoms with Gasteiger partial charge >= 0.3 is 0 Å². The summed E-state index contributed by atoms with van der Waals surface area (Å²) in [5, 5.41) is 13.0. The molecule has 4 nitrogen and oxygen atoms in total. The number of hydrogen-bond acceptors (Lipinski definition) is 3. The standard InChI is InChI=1S/C15H22N2O2/c1-3-12-10-17(13(4-2)9-16-12)15(19)11-6-5-7-14(18)8-11/h5-8,12-13,16,18H,3-4,9-10H2,1-2H3. The number of hydrogen-bond donors (Lipinski definition) is 2. The zero-order chi connectivity index (χ0) is 13.8. The number of piperazine rings is 1. The lowest BCUT2D eigenvalue weighted by atomic mass is 10.0. The largest absolute Gasteiger partial charge is 0.508 e. The highest BCUT2D eigenvalue weighted by Gasteiger charge is 2.30. The molecular weight excluding hydrogens is 240 g/mol. The number of amides is 1. The molecule has 0 aromatic heterocycles. The van der Waals surface area contributed by atoms with Gasteiger partial charge in [0.05, 0.1) is 0 Å². The monoisotopic (exact) mass is 262 g/mol. The fraction of sp³-hybridized carbons (Fsp3) is 0.533. The number of phenolic OH excluding ortho intramolecular Hbond substituents is 1. The molecule has 1 aromatic rings. The first kappa shape index (κ1) is 13.9. The van der Waals surface area contributed by atoms with Crippen molar-refractivity contribution < 1.29 is 9.90 Å². The average molecular weight is 262 g/mol. The number of nitrogens with zero attached hydrogens (tertiary/aromatic N) is 1. The molecule has 1 heterocycles. The van der Waals surface area contributed by atoms with Crippen LogP contribution < -0.4 is 5.32 Å². The summed E-state index contributed by atoms with van der Waals surface area (Å²) in [6.07, 6.45) is 1.95. The average Bonchev–Trinajstić information content (AvgIpc) is 2.45. The van der Waals surface area contributed by atoms with Crippen molar-refractivity contribution in [3.8, 4) is 5.75 Å². The molecule has 0 saturated carbocycles. The lowest BCUT2D eigenvalue weighted by Gasteiger charge is -2.40. The maximum atomic E-state index is 12.6. The second kappa shape index (κ2) is 6.06. The van der Waals surface area contributed by atoms with Gasteiger partial charge in [-0.3, -0.25) is 4.79 Å². The van der Waals surface area contributed by atoms with Crippen molar-refractivity contribution in [2.24, 2.45) is 0 Å². The van der Waals surface area contributed by atoms with Gasteiger partial charge in [-0.2, -0.15) is 0 Å². The Hall–Kier alpha value is -1.55. The van der Waals surface area contributed by atoms with Crippen LogP contribution in [0.25, 0.3) is 0 Å². The highest BCUT2D eigenvalue weighted by Crippen LogP contribution is 2.18. The van der Waals surface area contributed by atoms with Crippen LogP contribution >= 0.6 is 0 Å². The molecule has 0 radical (unpaired) electrons. The Labute approximate surface area is 114 Å². The van der Waals surface area contributed by atoms with Crippen molar-refractivity contribution in [1.82, 2.24) is 10.2 Å². The Balaban J connectivity index is 2.19. The Morgan fingerprint density at radius 3 is 2.84 bits per heavy atom. The maximum Gasteiger partial charge on any atom is 0.254 e. The van der Waals surface area contributed by atoms with Crippen LogP contribution in [0.1, 0.15) is 37.0 Å². The normalized spacial score (nSPS) is 23.4. The van der Waals surface area contributed by atoms with Crippen LogP contribution in [0.3, 0.4) is 0 Å². The van der Waals surface area contributed by atoms with Gasteiger partial charge in [-0.05, 0) is 31.0 Å². The van der Waals surface area contributed by atoms with Crippen molar-refractivity contribution in [3.05, 3.63) is 29.8 Å². The van der Waals surface area contributed by atoms with Crippen LogP contribution in [-0.4, -0.2) is 41.1 Å². The molecule has 2 rings (SSSR count). The lowest BCUT2D eigenvalue weighted by molar-refractivity contribution is 0.0575. The quantitative estimate of drug-likeness (QED) is 0.876. The van der Waals surface area contributed by atoms with E-state index in [0.717, 1.165) is 25.9 Å². The zero-order valence-corrected chi connectivity index (χ0v) is 11.6. The molecule has 0 aliphatic carbocycles. The van der Waals surface area contributed by atoms with Crippen molar-refractivity contribution in [2.75, 3.05) is 13.1 Å². The summed E-state index contributed by atoms with van der Waals surface area (Å²) in [5.41, 5.74) is 0.565. The molecular formula is C15H22N2O2. The van der Waals surface area contributed by atoms with E-state index in [2.05, 4.69) is 19.2 Å². The van der Waals surface area contributed by atoms with E-state index in [4.69, 9.17) is 0 Å². The zero-order valence-electron chi connectivity index (χ0n) is 11.6. The molecule has 1 aromatic carbocycles. The first-order valence-corrected chi connectivity index (χ1v) is 6.99. The molecule has 1 aliphatic heterocycles. The van der Waals surface area contributed by atoms with Gasteiger partial charge in [0.25, 0.3) is 5.91 Å². The van der Waals surface area contributed by atoms with Gasteiger partial charge in [0, 0.05) is 30.7 Å². The van der Waals surface area contributed by atoms with Gasteiger partial charge in [-0.25, -0.2) is 0 Å². The smallest absolute Gasteiger partial charge is 0.254 e. The van der Waals surface area contributed by atoms with E-state index in [0.29, 0.717) is 11.6 Å². The molecule has 1 aliphatic rings. The van der Waals surface area contributed by atoms with Gasteiger partial charge in [-0.15, -0.1) is 0 Å². The Kier molecular flexibility index (Phi) is 4.43. The first-order valence-electron chi connectivity index (χ1n) is 6.99. The number of nitrogens with one attached hydrogen (secondary N) is 1. The minimum absolute atomic E-state index is 0.0164. The number of rotatable bonds is 3. The highest BCUT2D eigenvalue weighted by atomic mass is 16.3. The molecule has 0 spiro atoms. The van der Waals surface area contributed by atoms with Crippen molar-refractivity contribution in [2.45, 2.75) is 38.8 Å². The molecule has 2 atom stereocenters. The third-order valence-electron chi connectivity index (χ3n) is 3.82. The van der Waals surface area contributed by atoms with Crippen LogP contribution in [0, 0.1) is 0 Å². The SMILES string of the molecule is CCC1CN(C(=O)c2cccc(O)c2)C(CC)CN1. The van der Waals surface area contributed by atoms with Crippen molar-refractivity contribution in [3.63, 3.8) is 0 Å². The molecule has 1 amide bonds. The molecule has 1 fully saturated rings. The fourth-order valence-corrected chi connectivity index (χ4v) is 2.56. The van der Waals surface area contributed by atoms with E-state index in [9.17, 15) is 9.90 Å². The summed E-state index contributed by atoms with van der Waals surface area (Å²) in [7, 11) is 0. The van der Waals surface area contributed by atoms with Crippen LogP contribution in [0.2, 0.25) is 0 Å². The highest BCUT2D eigenvalue weighted by molar-refractivity contribution is 5.95. The molecule has 2 N–H and O–H groups in total. The molecule has 1 saturated heterocycles. The van der Waals surface area contributed by atoms with Gasteiger partial charge in [0.1, 0.15) is 5.75 Å². The third kappa shape index (κ3) is 3.07. The predicted molar refractivity (Wildman–Crippen MR) is 75.3 cm³/mol. The summed E-state index contributed by atoms with van der Waals surface area (Å²) in [5.74, 6) is 0.156. The molecule has 4 heteroatoms. The molecule has 104 valence electrons. The third-order valence-corrected chi connectivity index (χ3v) is 3.82. The number of phenols is 1. The van der Waals surface area contributed by atoms with Crippen LogP contribution in [0.4, 0.5) is 0 Å². The van der Waals surface area contributed by atoms with E-state index >= 15 is 0 Å². The fourth-order valence-electron chi connectivity index (χ4n) is 2.56. The number of aromatic hydroxyl groups is 1. The van der Waals surface area contributed by atoms with E-state index < -0.39 is 0 Å². The van der Waals surface area contributed by atoms with E-state index in [1.54, 1.807) is 18.2 Å². The lowest BCUT2D eigenvalue weighted by Crippen LogP contribution is -2.57. The Morgan fingerprint density at radius 2 is 2.21 bits per heavy atom. The van der Waals surface area contributed by atoms with Crippen molar-refractivity contribution in [1.29, 1.82) is 0 Å². The summed E-state index contributed by atoms with van der Waals surface area (Å²) in [6.45, 7) is 5.81.